The Bertz CT molecular complexity index is 1140. The van der Waals surface area contributed by atoms with Crippen molar-refractivity contribution < 1.29 is 9.84 Å². The van der Waals surface area contributed by atoms with Crippen LogP contribution in [0.4, 0.5) is 0 Å². The summed E-state index contributed by atoms with van der Waals surface area (Å²) in [6.07, 6.45) is -0.325. The van der Waals surface area contributed by atoms with Crippen LogP contribution in [0.15, 0.2) is 109 Å². The van der Waals surface area contributed by atoms with E-state index in [1.807, 2.05) is 85.8 Å². The lowest BCUT2D eigenvalue weighted by Crippen LogP contribution is -2.43. The summed E-state index contributed by atoms with van der Waals surface area (Å²) >= 11 is 0. The van der Waals surface area contributed by atoms with Crippen LogP contribution in [-0.4, -0.2) is 5.11 Å². The zero-order valence-corrected chi connectivity index (χ0v) is 16.9. The van der Waals surface area contributed by atoms with Gasteiger partial charge in [0, 0.05) is 5.56 Å². The van der Waals surface area contributed by atoms with E-state index in [1.54, 1.807) is 0 Å². The minimum absolute atomic E-state index is 0.308. The number of hydrogen-bond acceptors (Lipinski definition) is 2. The number of fused-ring (bicyclic) bond motifs is 1. The van der Waals surface area contributed by atoms with Gasteiger partial charge >= 0.3 is 0 Å². The Morgan fingerprint density at radius 2 is 1.27 bits per heavy atom. The molecule has 0 aliphatic carbocycles. The van der Waals surface area contributed by atoms with Gasteiger partial charge in [-0.05, 0) is 35.7 Å². The minimum Gasteiger partial charge on any atom is -0.485 e. The fourth-order valence-corrected chi connectivity index (χ4v) is 4.64. The molecular formula is C28H24O2. The molecule has 0 bridgehead atoms. The second kappa shape index (κ2) is 7.47. The van der Waals surface area contributed by atoms with Gasteiger partial charge in [0.05, 0.1) is 5.92 Å². The number of aryl methyl sites for hydroxylation is 1. The molecule has 1 aliphatic rings. The van der Waals surface area contributed by atoms with E-state index in [9.17, 15) is 5.11 Å². The van der Waals surface area contributed by atoms with Crippen LogP contribution in [-0.2, 0) is 5.60 Å². The summed E-state index contributed by atoms with van der Waals surface area (Å²) in [7, 11) is 0. The Hall–Kier alpha value is -3.36. The van der Waals surface area contributed by atoms with Gasteiger partial charge in [-0.2, -0.15) is 0 Å². The molecule has 0 fully saturated rings. The van der Waals surface area contributed by atoms with Gasteiger partial charge in [0.2, 0.25) is 0 Å². The van der Waals surface area contributed by atoms with Crippen LogP contribution in [0.5, 0.6) is 5.75 Å². The van der Waals surface area contributed by atoms with Gasteiger partial charge in [0.15, 0.2) is 0 Å². The highest BCUT2D eigenvalue weighted by molar-refractivity contribution is 5.53. The lowest BCUT2D eigenvalue weighted by atomic mass is 9.67. The van der Waals surface area contributed by atoms with Gasteiger partial charge in [-0.1, -0.05) is 103 Å². The molecule has 2 nitrogen and oxygen atoms in total. The predicted octanol–water partition coefficient (Wildman–Crippen LogP) is 6.15. The quantitative estimate of drug-likeness (QED) is 0.453. The van der Waals surface area contributed by atoms with Crippen molar-refractivity contribution in [2.45, 2.75) is 24.5 Å². The highest BCUT2D eigenvalue weighted by Gasteiger charge is 2.51. The molecule has 1 N–H and O–H groups in total. The van der Waals surface area contributed by atoms with E-state index >= 15 is 0 Å². The van der Waals surface area contributed by atoms with Crippen molar-refractivity contribution in [1.82, 2.24) is 0 Å². The molecule has 3 atom stereocenters. The molecule has 2 heteroatoms. The molecule has 1 aliphatic heterocycles. The fourth-order valence-electron chi connectivity index (χ4n) is 4.64. The molecular weight excluding hydrogens is 368 g/mol. The Morgan fingerprint density at radius 3 is 1.90 bits per heavy atom. The molecule has 0 aromatic heterocycles. The molecule has 1 heterocycles. The van der Waals surface area contributed by atoms with Gasteiger partial charge in [-0.25, -0.2) is 0 Å². The Kier molecular flexibility index (Phi) is 4.65. The van der Waals surface area contributed by atoms with Crippen LogP contribution in [0.3, 0.4) is 0 Å². The monoisotopic (exact) mass is 392 g/mol. The van der Waals surface area contributed by atoms with Crippen molar-refractivity contribution in [3.63, 3.8) is 0 Å². The Balaban J connectivity index is 1.83. The SMILES string of the molecule is Cc1ccc2c(c1)C(O)(c1ccccc1)C(c1ccccc1)C(c1ccccc1)O2. The number of benzene rings is 4. The van der Waals surface area contributed by atoms with Crippen LogP contribution in [0.1, 0.15) is 39.8 Å². The minimum atomic E-state index is -1.23. The molecule has 0 amide bonds. The van der Waals surface area contributed by atoms with E-state index in [0.717, 1.165) is 33.6 Å². The third-order valence-corrected chi connectivity index (χ3v) is 6.05. The smallest absolute Gasteiger partial charge is 0.134 e. The summed E-state index contributed by atoms with van der Waals surface area (Å²) in [4.78, 5) is 0. The fraction of sp³-hybridized carbons (Fsp3) is 0.143. The first-order valence-corrected chi connectivity index (χ1v) is 10.3. The predicted molar refractivity (Wildman–Crippen MR) is 120 cm³/mol. The third-order valence-electron chi connectivity index (χ3n) is 6.05. The zero-order chi connectivity index (χ0) is 20.6. The van der Waals surface area contributed by atoms with Gasteiger partial charge in [-0.15, -0.1) is 0 Å². The molecule has 4 aromatic rings. The molecule has 0 radical (unpaired) electrons. The number of aliphatic hydroxyl groups is 1. The van der Waals surface area contributed by atoms with Crippen molar-refractivity contribution in [2.24, 2.45) is 0 Å². The van der Waals surface area contributed by atoms with E-state index in [0.29, 0.717) is 0 Å². The zero-order valence-electron chi connectivity index (χ0n) is 16.9. The van der Waals surface area contributed by atoms with Crippen LogP contribution >= 0.6 is 0 Å². The molecule has 0 spiro atoms. The summed E-state index contributed by atoms with van der Waals surface area (Å²) < 4.78 is 6.60. The summed E-state index contributed by atoms with van der Waals surface area (Å²) in [6.45, 7) is 2.05. The summed E-state index contributed by atoms with van der Waals surface area (Å²) in [6, 6.07) is 36.5. The van der Waals surface area contributed by atoms with Gasteiger partial charge in [0.25, 0.3) is 0 Å². The van der Waals surface area contributed by atoms with Crippen molar-refractivity contribution in [3.8, 4) is 5.75 Å². The second-order valence-corrected chi connectivity index (χ2v) is 7.97. The highest BCUT2D eigenvalue weighted by Crippen LogP contribution is 2.56. The number of ether oxygens (including phenoxy) is 1. The lowest BCUT2D eigenvalue weighted by molar-refractivity contribution is -0.0258. The topological polar surface area (TPSA) is 29.5 Å². The van der Waals surface area contributed by atoms with E-state index in [2.05, 4.69) is 30.3 Å². The average molecular weight is 392 g/mol. The molecule has 0 saturated heterocycles. The summed E-state index contributed by atoms with van der Waals surface area (Å²) in [5.41, 5.74) is 3.64. The Labute approximate surface area is 177 Å². The van der Waals surface area contributed by atoms with Crippen molar-refractivity contribution in [2.75, 3.05) is 0 Å². The first-order valence-electron chi connectivity index (χ1n) is 10.3. The standard InChI is InChI=1S/C28H24O2/c1-20-17-18-25-24(19-20)28(29,23-15-9-4-10-16-23)26(21-11-5-2-6-12-21)27(30-25)22-13-7-3-8-14-22/h2-19,26-27,29H,1H3. The van der Waals surface area contributed by atoms with E-state index in [-0.39, 0.29) is 12.0 Å². The second-order valence-electron chi connectivity index (χ2n) is 7.97. The Morgan fingerprint density at radius 1 is 0.700 bits per heavy atom. The first-order chi connectivity index (χ1) is 14.7. The number of rotatable bonds is 3. The first kappa shape index (κ1) is 18.7. The van der Waals surface area contributed by atoms with E-state index in [1.165, 1.54) is 0 Å². The van der Waals surface area contributed by atoms with E-state index in [4.69, 9.17) is 4.74 Å². The molecule has 4 aromatic carbocycles. The van der Waals surface area contributed by atoms with Gasteiger partial charge in [-0.3, -0.25) is 0 Å². The van der Waals surface area contributed by atoms with Crippen LogP contribution in [0.2, 0.25) is 0 Å². The molecule has 5 rings (SSSR count). The molecule has 30 heavy (non-hydrogen) atoms. The maximum absolute atomic E-state index is 12.6. The highest BCUT2D eigenvalue weighted by atomic mass is 16.5. The van der Waals surface area contributed by atoms with Crippen molar-refractivity contribution in [1.29, 1.82) is 0 Å². The third kappa shape index (κ3) is 3.01. The maximum Gasteiger partial charge on any atom is 0.134 e. The van der Waals surface area contributed by atoms with Gasteiger partial charge in [0.1, 0.15) is 17.5 Å². The number of hydrogen-bond donors (Lipinski definition) is 1. The molecule has 0 saturated carbocycles. The largest absolute Gasteiger partial charge is 0.485 e. The lowest BCUT2D eigenvalue weighted by Gasteiger charge is -2.46. The van der Waals surface area contributed by atoms with E-state index < -0.39 is 5.60 Å². The average Bonchev–Trinajstić information content (AvgIpc) is 2.81. The normalized spacial score (nSPS) is 22.7. The van der Waals surface area contributed by atoms with Gasteiger partial charge < -0.3 is 9.84 Å². The summed E-state index contributed by atoms with van der Waals surface area (Å²) in [5, 5.41) is 12.6. The van der Waals surface area contributed by atoms with Crippen LogP contribution in [0, 0.1) is 6.92 Å². The van der Waals surface area contributed by atoms with Crippen LogP contribution in [0.25, 0.3) is 0 Å². The van der Waals surface area contributed by atoms with Crippen molar-refractivity contribution in [3.05, 3.63) is 137 Å². The maximum atomic E-state index is 12.6. The summed E-state index contributed by atoms with van der Waals surface area (Å²) in [5.74, 6) is 0.422. The molecule has 148 valence electrons. The molecule has 3 unspecified atom stereocenters. The van der Waals surface area contributed by atoms with Crippen LogP contribution < -0.4 is 4.74 Å². The van der Waals surface area contributed by atoms with Crippen molar-refractivity contribution >= 4 is 0 Å².